The quantitative estimate of drug-likeness (QED) is 0.652. The Balaban J connectivity index is 1.67. The van der Waals surface area contributed by atoms with Crippen LogP contribution < -0.4 is 16.2 Å². The van der Waals surface area contributed by atoms with Crippen molar-refractivity contribution in [2.75, 3.05) is 22.2 Å². The maximum absolute atomic E-state index is 12.8. The summed E-state index contributed by atoms with van der Waals surface area (Å²) in [6.45, 7) is 3.66. The Bertz CT molecular complexity index is 734. The van der Waals surface area contributed by atoms with Gasteiger partial charge < -0.3 is 5.32 Å². The lowest BCUT2D eigenvalue weighted by Gasteiger charge is -2.08. The molecule has 1 aromatic carbocycles. The summed E-state index contributed by atoms with van der Waals surface area (Å²) in [5.74, 6) is -0.439. The highest BCUT2D eigenvalue weighted by Crippen LogP contribution is 2.09. The van der Waals surface area contributed by atoms with Gasteiger partial charge >= 0.3 is 0 Å². The third kappa shape index (κ3) is 6.76. The van der Waals surface area contributed by atoms with Crippen molar-refractivity contribution in [2.45, 2.75) is 13.8 Å². The molecule has 0 saturated heterocycles. The maximum Gasteiger partial charge on any atom is 0.248 e. The van der Waals surface area contributed by atoms with Gasteiger partial charge in [0.25, 0.3) is 0 Å². The van der Waals surface area contributed by atoms with Gasteiger partial charge in [-0.3, -0.25) is 20.4 Å². The first-order valence-corrected chi connectivity index (χ1v) is 8.58. The van der Waals surface area contributed by atoms with Crippen molar-refractivity contribution in [2.24, 2.45) is 0 Å². The monoisotopic (exact) mass is 363 g/mol. The highest BCUT2D eigenvalue weighted by molar-refractivity contribution is 8.00. The summed E-state index contributed by atoms with van der Waals surface area (Å²) in [4.78, 5) is 31.7. The number of hydrogen-bond donors (Lipinski definition) is 3. The molecule has 25 heavy (non-hydrogen) atoms. The van der Waals surface area contributed by atoms with E-state index in [1.807, 2.05) is 19.9 Å². The average Bonchev–Trinajstić information content (AvgIpc) is 2.54. The molecule has 0 radical (unpaired) electrons. The van der Waals surface area contributed by atoms with Crippen LogP contribution in [-0.2, 0) is 9.59 Å². The van der Waals surface area contributed by atoms with Gasteiger partial charge in [-0.15, -0.1) is 11.8 Å². The number of thioether (sulfide) groups is 1. The molecular formula is C16H18FN5O2S. The van der Waals surface area contributed by atoms with Crippen molar-refractivity contribution in [1.82, 2.24) is 15.4 Å². The van der Waals surface area contributed by atoms with E-state index in [0.717, 1.165) is 23.1 Å². The van der Waals surface area contributed by atoms with Crippen LogP contribution in [0, 0.1) is 19.7 Å². The minimum atomic E-state index is -0.371. The summed E-state index contributed by atoms with van der Waals surface area (Å²) in [5, 5.41) is 2.62. The number of nitrogens with zero attached hydrogens (tertiary/aromatic N) is 2. The lowest BCUT2D eigenvalue weighted by Crippen LogP contribution is -2.32. The number of aromatic nitrogens is 2. The number of benzene rings is 1. The second-order valence-electron chi connectivity index (χ2n) is 5.20. The molecule has 9 heteroatoms. The van der Waals surface area contributed by atoms with Gasteiger partial charge in [0.15, 0.2) is 0 Å². The van der Waals surface area contributed by atoms with Gasteiger partial charge in [-0.05, 0) is 44.2 Å². The van der Waals surface area contributed by atoms with E-state index in [4.69, 9.17) is 0 Å². The van der Waals surface area contributed by atoms with E-state index in [-0.39, 0.29) is 29.1 Å². The molecule has 2 amide bonds. The van der Waals surface area contributed by atoms with E-state index < -0.39 is 0 Å². The number of carbonyl (C=O) groups excluding carboxylic acids is 2. The van der Waals surface area contributed by atoms with Gasteiger partial charge in [-0.1, -0.05) is 0 Å². The number of hydrogen-bond acceptors (Lipinski definition) is 6. The topological polar surface area (TPSA) is 96.0 Å². The summed E-state index contributed by atoms with van der Waals surface area (Å²) in [7, 11) is 0. The SMILES string of the molecule is Cc1cc(C)nc(NNC(=O)CSCC(=O)Nc2ccc(F)cc2)n1. The fraction of sp³-hybridized carbons (Fsp3) is 0.250. The number of hydrazine groups is 1. The molecule has 132 valence electrons. The molecular weight excluding hydrogens is 345 g/mol. The van der Waals surface area contributed by atoms with Crippen LogP contribution in [0.4, 0.5) is 16.0 Å². The molecule has 0 aliphatic carbocycles. The molecule has 0 bridgehead atoms. The van der Waals surface area contributed by atoms with Gasteiger partial charge in [0.05, 0.1) is 11.5 Å². The van der Waals surface area contributed by atoms with E-state index in [1.165, 1.54) is 24.3 Å². The largest absolute Gasteiger partial charge is 0.325 e. The second kappa shape index (κ2) is 8.97. The molecule has 1 aromatic heterocycles. The van der Waals surface area contributed by atoms with Crippen molar-refractivity contribution < 1.29 is 14.0 Å². The molecule has 0 aliphatic rings. The van der Waals surface area contributed by atoms with Crippen LogP contribution in [0.5, 0.6) is 0 Å². The average molecular weight is 363 g/mol. The number of nitrogens with one attached hydrogen (secondary N) is 3. The molecule has 0 fully saturated rings. The zero-order chi connectivity index (χ0) is 18.2. The Hall–Kier alpha value is -2.68. The Morgan fingerprint density at radius 1 is 1.04 bits per heavy atom. The molecule has 0 atom stereocenters. The summed E-state index contributed by atoms with van der Waals surface area (Å²) in [6.07, 6.45) is 0. The number of rotatable bonds is 7. The van der Waals surface area contributed by atoms with Crippen LogP contribution in [0.3, 0.4) is 0 Å². The van der Waals surface area contributed by atoms with Crippen LogP contribution >= 0.6 is 11.8 Å². The zero-order valence-corrected chi connectivity index (χ0v) is 14.6. The van der Waals surface area contributed by atoms with Gasteiger partial charge in [-0.2, -0.15) is 0 Å². The zero-order valence-electron chi connectivity index (χ0n) is 13.8. The third-order valence-electron chi connectivity index (χ3n) is 2.89. The predicted octanol–water partition coefficient (Wildman–Crippen LogP) is 2.05. The minimum absolute atomic E-state index is 0.0919. The molecule has 0 spiro atoms. The van der Waals surface area contributed by atoms with Gasteiger partial charge in [0.2, 0.25) is 17.8 Å². The first-order chi connectivity index (χ1) is 11.9. The fourth-order valence-electron chi connectivity index (χ4n) is 1.91. The standard InChI is InChI=1S/C16H18FN5O2S/c1-10-7-11(2)19-16(18-10)22-21-15(24)9-25-8-14(23)20-13-5-3-12(17)4-6-13/h3-7H,8-9H2,1-2H3,(H,20,23)(H,21,24)(H,18,19,22). The van der Waals surface area contributed by atoms with Crippen molar-refractivity contribution in [3.8, 4) is 0 Å². The van der Waals surface area contributed by atoms with E-state index >= 15 is 0 Å². The van der Waals surface area contributed by atoms with Crippen molar-refractivity contribution in [3.63, 3.8) is 0 Å². The molecule has 0 unspecified atom stereocenters. The molecule has 2 aromatic rings. The first-order valence-electron chi connectivity index (χ1n) is 7.42. The van der Waals surface area contributed by atoms with Crippen molar-refractivity contribution in [3.05, 3.63) is 47.5 Å². The van der Waals surface area contributed by atoms with Crippen LogP contribution in [0.25, 0.3) is 0 Å². The molecule has 0 saturated carbocycles. The smallest absolute Gasteiger partial charge is 0.248 e. The Morgan fingerprint density at radius 2 is 1.64 bits per heavy atom. The number of anilines is 2. The van der Waals surface area contributed by atoms with E-state index in [1.54, 1.807) is 0 Å². The van der Waals surface area contributed by atoms with E-state index in [2.05, 4.69) is 26.1 Å². The number of carbonyl (C=O) groups is 2. The van der Waals surface area contributed by atoms with Crippen LogP contribution in [0.2, 0.25) is 0 Å². The predicted molar refractivity (Wildman–Crippen MR) is 95.6 cm³/mol. The van der Waals surface area contributed by atoms with Crippen molar-refractivity contribution >= 4 is 35.2 Å². The normalized spacial score (nSPS) is 10.2. The lowest BCUT2D eigenvalue weighted by molar-refractivity contribution is -0.118. The maximum atomic E-state index is 12.8. The number of aryl methyl sites for hydroxylation is 2. The molecule has 3 N–H and O–H groups in total. The lowest BCUT2D eigenvalue weighted by atomic mass is 10.3. The minimum Gasteiger partial charge on any atom is -0.325 e. The van der Waals surface area contributed by atoms with Gasteiger partial charge in [0, 0.05) is 17.1 Å². The fourth-order valence-corrected chi connectivity index (χ4v) is 2.53. The Morgan fingerprint density at radius 3 is 2.28 bits per heavy atom. The third-order valence-corrected chi connectivity index (χ3v) is 3.82. The number of amides is 2. The van der Waals surface area contributed by atoms with Gasteiger partial charge in [0.1, 0.15) is 5.82 Å². The summed E-state index contributed by atoms with van der Waals surface area (Å²) in [5.41, 5.74) is 7.19. The summed E-state index contributed by atoms with van der Waals surface area (Å²) in [6, 6.07) is 7.28. The van der Waals surface area contributed by atoms with Crippen LogP contribution in [0.15, 0.2) is 30.3 Å². The summed E-state index contributed by atoms with van der Waals surface area (Å²) >= 11 is 1.15. The first kappa shape index (κ1) is 18.7. The second-order valence-corrected chi connectivity index (χ2v) is 6.18. The van der Waals surface area contributed by atoms with Crippen molar-refractivity contribution in [1.29, 1.82) is 0 Å². The van der Waals surface area contributed by atoms with Crippen LogP contribution in [0.1, 0.15) is 11.4 Å². The Labute approximate surface area is 148 Å². The molecule has 7 nitrogen and oxygen atoms in total. The van der Waals surface area contributed by atoms with E-state index in [0.29, 0.717) is 11.6 Å². The highest BCUT2D eigenvalue weighted by Gasteiger charge is 2.07. The van der Waals surface area contributed by atoms with E-state index in [9.17, 15) is 14.0 Å². The molecule has 2 rings (SSSR count). The highest BCUT2D eigenvalue weighted by atomic mass is 32.2. The number of halogens is 1. The molecule has 1 heterocycles. The van der Waals surface area contributed by atoms with Gasteiger partial charge in [-0.25, -0.2) is 14.4 Å². The molecule has 0 aliphatic heterocycles. The van der Waals surface area contributed by atoms with Crippen LogP contribution in [-0.4, -0.2) is 33.3 Å². The Kier molecular flexibility index (Phi) is 6.70. The summed E-state index contributed by atoms with van der Waals surface area (Å²) < 4.78 is 12.8.